The van der Waals surface area contributed by atoms with Crippen LogP contribution >= 0.6 is 0 Å². The van der Waals surface area contributed by atoms with Gasteiger partial charge >= 0.3 is 0 Å². The molecule has 1 unspecified atom stereocenters. The predicted octanol–water partition coefficient (Wildman–Crippen LogP) is 0.802. The molecule has 1 aliphatic rings. The number of fused-ring (bicyclic) bond motifs is 1. The van der Waals surface area contributed by atoms with Crippen LogP contribution in [0.5, 0.6) is 5.75 Å². The number of benzene rings is 1. The van der Waals surface area contributed by atoms with Crippen molar-refractivity contribution >= 4 is 17.5 Å². The van der Waals surface area contributed by atoms with Crippen molar-refractivity contribution in [2.45, 2.75) is 38.8 Å². The molecule has 0 spiro atoms. The quantitative estimate of drug-likeness (QED) is 0.723. The number of hydrogen-bond acceptors (Lipinski definition) is 4. The number of hydrogen-bond donors (Lipinski definition) is 3. The van der Waals surface area contributed by atoms with Crippen LogP contribution < -0.4 is 21.1 Å². The summed E-state index contributed by atoms with van der Waals surface area (Å²) in [7, 11) is 0. The summed E-state index contributed by atoms with van der Waals surface area (Å²) in [5, 5.41) is 5.88. The van der Waals surface area contributed by atoms with Gasteiger partial charge in [0.2, 0.25) is 11.8 Å². The first-order valence-electron chi connectivity index (χ1n) is 7.06. The van der Waals surface area contributed by atoms with Crippen LogP contribution in [-0.2, 0) is 16.0 Å². The Labute approximate surface area is 124 Å². The summed E-state index contributed by atoms with van der Waals surface area (Å²) in [6.45, 7) is 4.06. The summed E-state index contributed by atoms with van der Waals surface area (Å²) in [4.78, 5) is 22.7. The van der Waals surface area contributed by atoms with Gasteiger partial charge in [0.1, 0.15) is 18.4 Å². The summed E-state index contributed by atoms with van der Waals surface area (Å²) in [5.74, 6) is 0.265. The maximum atomic E-state index is 11.4. The van der Waals surface area contributed by atoms with Gasteiger partial charge < -0.3 is 21.1 Å². The number of carbonyl (C=O) groups excluding carboxylic acids is 2. The maximum Gasteiger partial charge on any atom is 0.238 e. The number of amides is 2. The van der Waals surface area contributed by atoms with Gasteiger partial charge in [-0.25, -0.2) is 0 Å². The van der Waals surface area contributed by atoms with Crippen molar-refractivity contribution in [3.05, 3.63) is 23.8 Å². The summed E-state index contributed by atoms with van der Waals surface area (Å²) >= 11 is 0. The van der Waals surface area contributed by atoms with E-state index >= 15 is 0 Å². The Morgan fingerprint density at radius 1 is 1.43 bits per heavy atom. The Bertz CT molecular complexity index is 543. The largest absolute Gasteiger partial charge is 0.491 e. The number of carbonyl (C=O) groups is 2. The minimum atomic E-state index is -0.527. The summed E-state index contributed by atoms with van der Waals surface area (Å²) in [6.07, 6.45) is 1.18. The fourth-order valence-electron chi connectivity index (χ4n) is 2.24. The highest BCUT2D eigenvalue weighted by molar-refractivity contribution is 5.94. The molecule has 2 amide bonds. The minimum absolute atomic E-state index is 0.0334. The molecule has 0 bridgehead atoms. The monoisotopic (exact) mass is 291 g/mol. The van der Waals surface area contributed by atoms with Crippen molar-refractivity contribution in [3.63, 3.8) is 0 Å². The molecule has 2 rings (SSSR count). The second kappa shape index (κ2) is 6.58. The Hall–Kier alpha value is -2.08. The first kappa shape index (κ1) is 15.3. The van der Waals surface area contributed by atoms with Crippen molar-refractivity contribution in [2.75, 3.05) is 11.9 Å². The number of nitrogens with one attached hydrogen (secondary N) is 2. The Morgan fingerprint density at radius 3 is 2.86 bits per heavy atom. The third kappa shape index (κ3) is 4.19. The lowest BCUT2D eigenvalue weighted by molar-refractivity contribution is -0.121. The molecule has 0 aromatic heterocycles. The third-order valence-corrected chi connectivity index (χ3v) is 3.27. The van der Waals surface area contributed by atoms with Crippen LogP contribution in [0.25, 0.3) is 0 Å². The Morgan fingerprint density at radius 2 is 2.19 bits per heavy atom. The normalized spacial score (nSPS) is 15.3. The molecule has 0 saturated carbocycles. The van der Waals surface area contributed by atoms with Crippen molar-refractivity contribution in [3.8, 4) is 5.75 Å². The highest BCUT2D eigenvalue weighted by Crippen LogP contribution is 2.26. The smallest absolute Gasteiger partial charge is 0.238 e. The van der Waals surface area contributed by atoms with Gasteiger partial charge in [0.25, 0.3) is 0 Å². The first-order valence-corrected chi connectivity index (χ1v) is 7.06. The number of ether oxygens (including phenoxy) is 1. The predicted molar refractivity (Wildman–Crippen MR) is 80.1 cm³/mol. The van der Waals surface area contributed by atoms with Gasteiger partial charge in [-0.1, -0.05) is 13.8 Å². The van der Waals surface area contributed by atoms with Gasteiger partial charge in [0.15, 0.2) is 0 Å². The average molecular weight is 291 g/mol. The summed E-state index contributed by atoms with van der Waals surface area (Å²) < 4.78 is 5.65. The zero-order valence-electron chi connectivity index (χ0n) is 12.3. The number of rotatable bonds is 6. The van der Waals surface area contributed by atoms with E-state index in [1.54, 1.807) is 6.07 Å². The van der Waals surface area contributed by atoms with Crippen LogP contribution in [0.2, 0.25) is 0 Å². The highest BCUT2D eigenvalue weighted by Gasteiger charge is 2.18. The number of nitrogens with two attached hydrogens (primary N) is 1. The average Bonchev–Trinajstić information content (AvgIpc) is 2.42. The van der Waals surface area contributed by atoms with Crippen molar-refractivity contribution in [1.29, 1.82) is 0 Å². The van der Waals surface area contributed by atoms with Gasteiger partial charge in [-0.3, -0.25) is 9.59 Å². The van der Waals surface area contributed by atoms with E-state index in [0.29, 0.717) is 18.6 Å². The van der Waals surface area contributed by atoms with E-state index in [1.165, 1.54) is 0 Å². The Kier molecular flexibility index (Phi) is 4.80. The SMILES string of the molecule is CC(C)NC(COc1ccc2c(c1)CCC(=O)N2)C(N)=O. The number of primary amides is 1. The topological polar surface area (TPSA) is 93.4 Å². The molecule has 114 valence electrons. The molecule has 1 aromatic carbocycles. The van der Waals surface area contributed by atoms with Crippen molar-refractivity contribution in [2.24, 2.45) is 5.73 Å². The van der Waals surface area contributed by atoms with Gasteiger partial charge in [-0.15, -0.1) is 0 Å². The highest BCUT2D eigenvalue weighted by atomic mass is 16.5. The first-order chi connectivity index (χ1) is 9.95. The summed E-state index contributed by atoms with van der Waals surface area (Å²) in [6, 6.07) is 5.10. The molecule has 0 radical (unpaired) electrons. The Balaban J connectivity index is 2.00. The zero-order chi connectivity index (χ0) is 15.4. The van der Waals surface area contributed by atoms with Crippen LogP contribution in [-0.4, -0.2) is 30.5 Å². The van der Waals surface area contributed by atoms with Gasteiger partial charge in [-0.2, -0.15) is 0 Å². The van der Waals surface area contributed by atoms with E-state index in [2.05, 4.69) is 10.6 Å². The maximum absolute atomic E-state index is 11.4. The second-order valence-electron chi connectivity index (χ2n) is 5.45. The van der Waals surface area contributed by atoms with Crippen LogP contribution in [0.15, 0.2) is 18.2 Å². The third-order valence-electron chi connectivity index (χ3n) is 3.27. The summed E-state index contributed by atoms with van der Waals surface area (Å²) in [5.41, 5.74) is 7.21. The molecule has 1 aromatic rings. The van der Waals surface area contributed by atoms with Crippen LogP contribution in [0.4, 0.5) is 5.69 Å². The van der Waals surface area contributed by atoms with E-state index in [-0.39, 0.29) is 18.6 Å². The van der Waals surface area contributed by atoms with Crippen LogP contribution in [0.1, 0.15) is 25.8 Å². The van der Waals surface area contributed by atoms with Crippen molar-refractivity contribution < 1.29 is 14.3 Å². The molecular formula is C15H21N3O3. The molecule has 1 heterocycles. The van der Waals surface area contributed by atoms with Crippen LogP contribution in [0, 0.1) is 0 Å². The number of anilines is 1. The van der Waals surface area contributed by atoms with E-state index in [4.69, 9.17) is 10.5 Å². The van der Waals surface area contributed by atoms with Gasteiger partial charge in [0, 0.05) is 18.2 Å². The second-order valence-corrected chi connectivity index (χ2v) is 5.45. The van der Waals surface area contributed by atoms with Crippen molar-refractivity contribution in [1.82, 2.24) is 5.32 Å². The molecule has 0 aliphatic carbocycles. The molecule has 6 nitrogen and oxygen atoms in total. The lowest BCUT2D eigenvalue weighted by Gasteiger charge is -2.20. The van der Waals surface area contributed by atoms with Gasteiger partial charge in [0.05, 0.1) is 0 Å². The molecule has 1 atom stereocenters. The molecule has 6 heteroatoms. The molecule has 0 saturated heterocycles. The standard InChI is InChI=1S/C15H21N3O3/c1-9(2)17-13(15(16)20)8-21-11-4-5-12-10(7-11)3-6-14(19)18-12/h4-5,7,9,13,17H,3,6,8H2,1-2H3,(H2,16,20)(H,18,19). The fourth-order valence-corrected chi connectivity index (χ4v) is 2.24. The van der Waals surface area contributed by atoms with Gasteiger partial charge in [-0.05, 0) is 30.2 Å². The lowest BCUT2D eigenvalue weighted by Crippen LogP contribution is -2.48. The molecular weight excluding hydrogens is 270 g/mol. The number of aryl methyl sites for hydroxylation is 1. The van der Waals surface area contributed by atoms with E-state index in [1.807, 2.05) is 26.0 Å². The zero-order valence-corrected chi connectivity index (χ0v) is 12.3. The molecule has 1 aliphatic heterocycles. The molecule has 4 N–H and O–H groups in total. The fraction of sp³-hybridized carbons (Fsp3) is 0.467. The molecule has 0 fully saturated rings. The van der Waals surface area contributed by atoms with E-state index in [9.17, 15) is 9.59 Å². The lowest BCUT2D eigenvalue weighted by atomic mass is 10.0. The van der Waals surface area contributed by atoms with Crippen LogP contribution in [0.3, 0.4) is 0 Å². The van der Waals surface area contributed by atoms with E-state index < -0.39 is 11.9 Å². The molecule has 21 heavy (non-hydrogen) atoms. The minimum Gasteiger partial charge on any atom is -0.491 e. The van der Waals surface area contributed by atoms with E-state index in [0.717, 1.165) is 11.3 Å².